The maximum atomic E-state index is 14.9. The predicted octanol–water partition coefficient (Wildman–Crippen LogP) is 4.41. The Labute approximate surface area is 189 Å². The maximum absolute atomic E-state index is 14.9. The van der Waals surface area contributed by atoms with E-state index in [2.05, 4.69) is 20.6 Å². The van der Waals surface area contributed by atoms with Crippen LogP contribution < -0.4 is 11.1 Å². The molecule has 0 aliphatic rings. The van der Waals surface area contributed by atoms with Crippen LogP contribution in [-0.2, 0) is 7.05 Å². The van der Waals surface area contributed by atoms with Gasteiger partial charge in [-0.1, -0.05) is 35.0 Å². The Bertz CT molecular complexity index is 1310. The Hall–Kier alpha value is -3.78. The van der Waals surface area contributed by atoms with Gasteiger partial charge >= 0.3 is 0 Å². The lowest BCUT2D eigenvalue weighted by molar-refractivity contribution is 0.0936. The van der Waals surface area contributed by atoms with Gasteiger partial charge < -0.3 is 11.1 Å². The number of amides is 1. The lowest BCUT2D eigenvalue weighted by Crippen LogP contribution is -2.27. The van der Waals surface area contributed by atoms with Crippen LogP contribution in [0.15, 0.2) is 60.9 Å². The van der Waals surface area contributed by atoms with Crippen molar-refractivity contribution in [2.24, 2.45) is 7.05 Å². The van der Waals surface area contributed by atoms with Gasteiger partial charge in [0.1, 0.15) is 11.6 Å². The number of nitrogens with one attached hydrogen (secondary N) is 1. The molecule has 0 saturated carbocycles. The molecule has 0 saturated heterocycles. The number of aromatic nitrogens is 4. The summed E-state index contributed by atoms with van der Waals surface area (Å²) < 4.78 is 16.5. The van der Waals surface area contributed by atoms with Gasteiger partial charge in [-0.3, -0.25) is 4.79 Å². The minimum absolute atomic E-state index is 0.0684. The second-order valence-electron chi connectivity index (χ2n) is 7.34. The van der Waals surface area contributed by atoms with Gasteiger partial charge in [-0.05, 0) is 48.4 Å². The zero-order chi connectivity index (χ0) is 22.8. The van der Waals surface area contributed by atoms with Crippen molar-refractivity contribution < 1.29 is 9.18 Å². The molecule has 2 heterocycles. The fourth-order valence-corrected chi connectivity index (χ4v) is 3.60. The molecule has 162 valence electrons. The average Bonchev–Trinajstić information content (AvgIpc) is 3.19. The normalized spacial score (nSPS) is 11.9. The quantitative estimate of drug-likeness (QED) is 0.469. The van der Waals surface area contributed by atoms with Gasteiger partial charge in [-0.2, -0.15) is 0 Å². The van der Waals surface area contributed by atoms with Gasteiger partial charge in [0.2, 0.25) is 0 Å². The average molecular weight is 451 g/mol. The van der Waals surface area contributed by atoms with Crippen molar-refractivity contribution in [1.82, 2.24) is 25.3 Å². The zero-order valence-electron chi connectivity index (χ0n) is 17.4. The van der Waals surface area contributed by atoms with E-state index in [1.54, 1.807) is 61.4 Å². The minimum atomic E-state index is -0.662. The number of halogens is 2. The summed E-state index contributed by atoms with van der Waals surface area (Å²) in [5, 5.41) is 11.1. The number of carbonyl (C=O) groups excluding carboxylic acids is 1. The van der Waals surface area contributed by atoms with E-state index in [0.29, 0.717) is 16.1 Å². The van der Waals surface area contributed by atoms with Crippen LogP contribution in [0.25, 0.3) is 22.4 Å². The lowest BCUT2D eigenvalue weighted by Gasteiger charge is -2.15. The molecule has 4 rings (SSSR count). The van der Waals surface area contributed by atoms with E-state index in [-0.39, 0.29) is 17.4 Å². The van der Waals surface area contributed by atoms with Crippen LogP contribution in [0.3, 0.4) is 0 Å². The van der Waals surface area contributed by atoms with Gasteiger partial charge in [-0.25, -0.2) is 14.1 Å². The van der Waals surface area contributed by atoms with Crippen LogP contribution in [0.1, 0.15) is 28.9 Å². The van der Waals surface area contributed by atoms with Crippen molar-refractivity contribution in [3.8, 4) is 22.4 Å². The van der Waals surface area contributed by atoms with Gasteiger partial charge in [0, 0.05) is 29.4 Å². The van der Waals surface area contributed by atoms with Crippen molar-refractivity contribution in [2.75, 3.05) is 5.73 Å². The van der Waals surface area contributed by atoms with E-state index in [9.17, 15) is 9.18 Å². The van der Waals surface area contributed by atoms with Crippen molar-refractivity contribution in [3.05, 3.63) is 82.9 Å². The molecule has 0 aliphatic heterocycles. The summed E-state index contributed by atoms with van der Waals surface area (Å²) in [4.78, 5) is 16.9. The molecule has 0 spiro atoms. The minimum Gasteiger partial charge on any atom is -0.383 e. The third-order valence-corrected chi connectivity index (χ3v) is 5.38. The van der Waals surface area contributed by atoms with Gasteiger partial charge in [-0.15, -0.1) is 5.10 Å². The fraction of sp³-hybridized carbons (Fsp3) is 0.130. The molecule has 9 heteroatoms. The summed E-state index contributed by atoms with van der Waals surface area (Å²) in [6.07, 6.45) is 3.21. The highest BCUT2D eigenvalue weighted by atomic mass is 35.5. The summed E-state index contributed by atoms with van der Waals surface area (Å²) in [5.41, 5.74) is 9.32. The third kappa shape index (κ3) is 4.31. The standard InChI is InChI=1S/C23H20ClFN6O/c1-13(14-4-3-5-17(24)8-14)29-23(32)18-7-6-15(10-20(18)25)19-9-16(11-27-22(19)26)21-12-28-30-31(21)2/h3-13H,1-2H3,(H2,26,27)(H,29,32)/t13-/m1/s1. The molecular weight excluding hydrogens is 431 g/mol. The molecule has 0 unspecified atom stereocenters. The number of aryl methyl sites for hydroxylation is 1. The van der Waals surface area contributed by atoms with Crippen LogP contribution in [0.4, 0.5) is 10.2 Å². The molecular formula is C23H20ClFN6O. The molecule has 0 radical (unpaired) electrons. The van der Waals surface area contributed by atoms with E-state index in [1.807, 2.05) is 6.07 Å². The number of hydrogen-bond acceptors (Lipinski definition) is 5. The first-order valence-corrected chi connectivity index (χ1v) is 10.2. The van der Waals surface area contributed by atoms with E-state index in [4.69, 9.17) is 17.3 Å². The number of nitrogens with two attached hydrogens (primary N) is 1. The summed E-state index contributed by atoms with van der Waals surface area (Å²) in [6.45, 7) is 1.81. The van der Waals surface area contributed by atoms with Crippen molar-refractivity contribution >= 4 is 23.3 Å². The first-order valence-electron chi connectivity index (χ1n) is 9.80. The third-order valence-electron chi connectivity index (χ3n) is 5.15. The second kappa shape index (κ2) is 8.76. The number of nitrogen functional groups attached to an aromatic ring is 1. The van der Waals surface area contributed by atoms with Crippen molar-refractivity contribution in [1.29, 1.82) is 0 Å². The molecule has 1 amide bonds. The smallest absolute Gasteiger partial charge is 0.254 e. The van der Waals surface area contributed by atoms with Crippen LogP contribution in [-0.4, -0.2) is 25.9 Å². The molecule has 0 bridgehead atoms. The Morgan fingerprint density at radius 1 is 1.16 bits per heavy atom. The monoisotopic (exact) mass is 450 g/mol. The number of anilines is 1. The number of rotatable bonds is 5. The van der Waals surface area contributed by atoms with Gasteiger partial charge in [0.25, 0.3) is 5.91 Å². The fourth-order valence-electron chi connectivity index (χ4n) is 3.40. The van der Waals surface area contributed by atoms with E-state index >= 15 is 0 Å². The lowest BCUT2D eigenvalue weighted by atomic mass is 10.0. The van der Waals surface area contributed by atoms with Gasteiger partial charge in [0.15, 0.2) is 0 Å². The van der Waals surface area contributed by atoms with Gasteiger partial charge in [0.05, 0.1) is 23.5 Å². The molecule has 2 aromatic heterocycles. The molecule has 3 N–H and O–H groups in total. The Kier molecular flexibility index (Phi) is 5.87. The number of benzene rings is 2. The largest absolute Gasteiger partial charge is 0.383 e. The van der Waals surface area contributed by atoms with Crippen molar-refractivity contribution in [2.45, 2.75) is 13.0 Å². The molecule has 0 aliphatic carbocycles. The van der Waals surface area contributed by atoms with E-state index in [1.165, 1.54) is 12.1 Å². The molecule has 1 atom stereocenters. The van der Waals surface area contributed by atoms with E-state index in [0.717, 1.165) is 16.8 Å². The number of nitrogens with zero attached hydrogens (tertiary/aromatic N) is 4. The summed E-state index contributed by atoms with van der Waals surface area (Å²) >= 11 is 6.01. The molecule has 2 aromatic carbocycles. The van der Waals surface area contributed by atoms with Crippen LogP contribution in [0.2, 0.25) is 5.02 Å². The predicted molar refractivity (Wildman–Crippen MR) is 121 cm³/mol. The molecule has 7 nitrogen and oxygen atoms in total. The first kappa shape index (κ1) is 21.5. The zero-order valence-corrected chi connectivity index (χ0v) is 18.1. The highest BCUT2D eigenvalue weighted by Crippen LogP contribution is 2.30. The number of hydrogen-bond donors (Lipinski definition) is 2. The summed E-state index contributed by atoms with van der Waals surface area (Å²) in [6, 6.07) is 12.9. The number of carbonyl (C=O) groups is 1. The molecule has 32 heavy (non-hydrogen) atoms. The first-order chi connectivity index (χ1) is 15.3. The summed E-state index contributed by atoms with van der Waals surface area (Å²) in [5.74, 6) is -0.942. The summed E-state index contributed by atoms with van der Waals surface area (Å²) in [7, 11) is 1.76. The molecule has 0 fully saturated rings. The Morgan fingerprint density at radius 3 is 2.66 bits per heavy atom. The van der Waals surface area contributed by atoms with E-state index < -0.39 is 11.7 Å². The van der Waals surface area contributed by atoms with Crippen LogP contribution >= 0.6 is 11.6 Å². The highest BCUT2D eigenvalue weighted by molar-refractivity contribution is 6.30. The SMILES string of the molecule is C[C@@H](NC(=O)c1ccc(-c2cc(-c3cnnn3C)cnc2N)cc1F)c1cccc(Cl)c1. The number of pyridine rings is 1. The molecule has 4 aromatic rings. The second-order valence-corrected chi connectivity index (χ2v) is 7.78. The van der Waals surface area contributed by atoms with Crippen LogP contribution in [0, 0.1) is 5.82 Å². The maximum Gasteiger partial charge on any atom is 0.254 e. The van der Waals surface area contributed by atoms with Crippen LogP contribution in [0.5, 0.6) is 0 Å². The highest BCUT2D eigenvalue weighted by Gasteiger charge is 2.17. The Morgan fingerprint density at radius 2 is 1.97 bits per heavy atom. The van der Waals surface area contributed by atoms with Crippen molar-refractivity contribution in [3.63, 3.8) is 0 Å². The topological polar surface area (TPSA) is 98.7 Å². The Balaban J connectivity index is 1.60.